The fraction of sp³-hybridized carbons (Fsp3) is 0.267. The maximum atomic E-state index is 9.40. The van der Waals surface area contributed by atoms with Gasteiger partial charge in [-0.3, -0.25) is 0 Å². The molecule has 1 unspecified atom stereocenters. The normalized spacial score (nSPS) is 11.9. The van der Waals surface area contributed by atoms with E-state index in [1.54, 1.807) is 7.11 Å². The van der Waals surface area contributed by atoms with Gasteiger partial charge in [0.05, 0.1) is 19.1 Å². The van der Waals surface area contributed by atoms with Crippen LogP contribution in [0.15, 0.2) is 30.6 Å². The highest BCUT2D eigenvalue weighted by atomic mass is 16.5. The van der Waals surface area contributed by atoms with Gasteiger partial charge >= 0.3 is 0 Å². The molecule has 0 bridgehead atoms. The molecule has 0 saturated heterocycles. The summed E-state index contributed by atoms with van der Waals surface area (Å²) in [5, 5.41) is 9.40. The van der Waals surface area contributed by atoms with Crippen molar-refractivity contribution in [2.24, 2.45) is 0 Å². The highest BCUT2D eigenvalue weighted by Crippen LogP contribution is 2.31. The molecule has 1 N–H and O–H groups in total. The number of H-pyrrole nitrogens is 1. The van der Waals surface area contributed by atoms with E-state index in [1.165, 1.54) is 0 Å². The molecule has 0 aliphatic heterocycles. The van der Waals surface area contributed by atoms with Crippen molar-refractivity contribution >= 4 is 0 Å². The minimum Gasteiger partial charge on any atom is -0.496 e. The fourth-order valence-electron chi connectivity index (χ4n) is 2.18. The summed E-state index contributed by atoms with van der Waals surface area (Å²) in [5.74, 6) is 0.628. The molecule has 3 nitrogen and oxygen atoms in total. The van der Waals surface area contributed by atoms with E-state index in [4.69, 9.17) is 4.74 Å². The lowest BCUT2D eigenvalue weighted by Crippen LogP contribution is -2.01. The molecule has 2 rings (SSSR count). The Kier molecular flexibility index (Phi) is 3.38. The van der Waals surface area contributed by atoms with Crippen molar-refractivity contribution in [2.45, 2.75) is 19.8 Å². The van der Waals surface area contributed by atoms with Gasteiger partial charge in [-0.1, -0.05) is 6.07 Å². The Morgan fingerprint density at radius 1 is 1.28 bits per heavy atom. The lowest BCUT2D eigenvalue weighted by molar-refractivity contribution is 0.411. The lowest BCUT2D eigenvalue weighted by atomic mass is 9.90. The first-order valence-electron chi connectivity index (χ1n) is 5.84. The molecule has 0 aliphatic rings. The molecule has 0 spiro atoms. The van der Waals surface area contributed by atoms with E-state index in [2.05, 4.69) is 11.1 Å². The molecule has 3 heteroatoms. The van der Waals surface area contributed by atoms with Crippen LogP contribution in [0.4, 0.5) is 0 Å². The molecule has 0 aliphatic carbocycles. The van der Waals surface area contributed by atoms with Crippen molar-refractivity contribution in [1.82, 2.24) is 4.98 Å². The van der Waals surface area contributed by atoms with Gasteiger partial charge in [0, 0.05) is 12.4 Å². The third kappa shape index (κ3) is 2.10. The van der Waals surface area contributed by atoms with Gasteiger partial charge in [0.1, 0.15) is 5.75 Å². The maximum Gasteiger partial charge on any atom is 0.122 e. The Balaban J connectivity index is 2.51. The Morgan fingerprint density at radius 2 is 2.06 bits per heavy atom. The van der Waals surface area contributed by atoms with Crippen molar-refractivity contribution in [3.8, 4) is 11.8 Å². The van der Waals surface area contributed by atoms with Crippen LogP contribution in [0.25, 0.3) is 0 Å². The number of rotatable bonds is 3. The number of hydrogen-bond donors (Lipinski definition) is 1. The monoisotopic (exact) mass is 240 g/mol. The predicted octanol–water partition coefficient (Wildman–Crippen LogP) is 3.30. The quantitative estimate of drug-likeness (QED) is 0.894. The van der Waals surface area contributed by atoms with Crippen molar-refractivity contribution in [2.75, 3.05) is 7.11 Å². The van der Waals surface area contributed by atoms with Gasteiger partial charge in [-0.05, 0) is 48.2 Å². The van der Waals surface area contributed by atoms with E-state index in [1.807, 2.05) is 44.4 Å². The molecule has 0 saturated carbocycles. The standard InChI is InChI=1S/C15H16N2O/c1-10-7-15(18-3)11(2)6-13(10)14(8-16)12-4-5-17-9-12/h4-7,9,14,17H,1-3H3. The summed E-state index contributed by atoms with van der Waals surface area (Å²) in [4.78, 5) is 3.00. The first-order chi connectivity index (χ1) is 8.67. The molecule has 1 atom stereocenters. The summed E-state index contributed by atoms with van der Waals surface area (Å²) in [6, 6.07) is 8.33. The Labute approximate surface area is 107 Å². The average Bonchev–Trinajstić information content (AvgIpc) is 2.87. The Hall–Kier alpha value is -2.21. The molecular weight excluding hydrogens is 224 g/mol. The molecule has 0 fully saturated rings. The average molecular weight is 240 g/mol. The van der Waals surface area contributed by atoms with Crippen LogP contribution in [-0.4, -0.2) is 12.1 Å². The molecule has 1 aromatic heterocycles. The minimum atomic E-state index is -0.235. The van der Waals surface area contributed by atoms with Crippen LogP contribution in [0.2, 0.25) is 0 Å². The number of benzene rings is 1. The third-order valence-corrected chi connectivity index (χ3v) is 3.18. The van der Waals surface area contributed by atoms with Crippen LogP contribution in [0.3, 0.4) is 0 Å². The van der Waals surface area contributed by atoms with E-state index in [0.717, 1.165) is 28.0 Å². The van der Waals surface area contributed by atoms with Crippen molar-refractivity contribution in [3.63, 3.8) is 0 Å². The maximum absolute atomic E-state index is 9.40. The number of methoxy groups -OCH3 is 1. The van der Waals surface area contributed by atoms with E-state index in [9.17, 15) is 5.26 Å². The first-order valence-corrected chi connectivity index (χ1v) is 5.84. The highest BCUT2D eigenvalue weighted by molar-refractivity contribution is 5.48. The van der Waals surface area contributed by atoms with Crippen LogP contribution in [0.5, 0.6) is 5.75 Å². The number of ether oxygens (including phenoxy) is 1. The number of aromatic nitrogens is 1. The summed E-state index contributed by atoms with van der Waals surface area (Å²) in [5.41, 5.74) is 4.15. The second-order valence-electron chi connectivity index (χ2n) is 4.38. The summed E-state index contributed by atoms with van der Waals surface area (Å²) in [6.45, 7) is 4.00. The van der Waals surface area contributed by atoms with Crippen LogP contribution < -0.4 is 4.74 Å². The Morgan fingerprint density at radius 3 is 2.61 bits per heavy atom. The van der Waals surface area contributed by atoms with Gasteiger partial charge in [0.2, 0.25) is 0 Å². The largest absolute Gasteiger partial charge is 0.496 e. The van der Waals surface area contributed by atoms with Crippen molar-refractivity contribution in [1.29, 1.82) is 5.26 Å². The van der Waals surface area contributed by atoms with E-state index in [0.29, 0.717) is 0 Å². The first kappa shape index (κ1) is 12.3. The Bertz CT molecular complexity index is 579. The van der Waals surface area contributed by atoms with Crippen LogP contribution in [-0.2, 0) is 0 Å². The van der Waals surface area contributed by atoms with Crippen molar-refractivity contribution < 1.29 is 4.74 Å². The van der Waals surface area contributed by atoms with Gasteiger partial charge in [0.25, 0.3) is 0 Å². The zero-order valence-electron chi connectivity index (χ0n) is 10.8. The van der Waals surface area contributed by atoms with Crippen molar-refractivity contribution in [3.05, 3.63) is 52.8 Å². The summed E-state index contributed by atoms with van der Waals surface area (Å²) in [6.07, 6.45) is 3.71. The summed E-state index contributed by atoms with van der Waals surface area (Å²) >= 11 is 0. The molecule has 92 valence electrons. The zero-order chi connectivity index (χ0) is 13.1. The SMILES string of the molecule is COc1cc(C)c(C(C#N)c2cc[nH]c2)cc1C. The highest BCUT2D eigenvalue weighted by Gasteiger charge is 2.17. The van der Waals surface area contributed by atoms with Crippen LogP contribution >= 0.6 is 0 Å². The van der Waals surface area contributed by atoms with Gasteiger partial charge in [0.15, 0.2) is 0 Å². The molecule has 0 amide bonds. The van der Waals surface area contributed by atoms with Crippen LogP contribution in [0, 0.1) is 25.2 Å². The lowest BCUT2D eigenvalue weighted by Gasteiger charge is -2.14. The third-order valence-electron chi connectivity index (χ3n) is 3.18. The van der Waals surface area contributed by atoms with E-state index >= 15 is 0 Å². The van der Waals surface area contributed by atoms with Gasteiger partial charge in [-0.25, -0.2) is 0 Å². The second kappa shape index (κ2) is 4.97. The predicted molar refractivity (Wildman–Crippen MR) is 70.7 cm³/mol. The molecule has 1 heterocycles. The second-order valence-corrected chi connectivity index (χ2v) is 4.38. The number of nitrogens with zero attached hydrogens (tertiary/aromatic N) is 1. The topological polar surface area (TPSA) is 48.8 Å². The minimum absolute atomic E-state index is 0.235. The number of aromatic amines is 1. The molecule has 0 radical (unpaired) electrons. The number of aryl methyl sites for hydroxylation is 2. The number of nitriles is 1. The zero-order valence-corrected chi connectivity index (χ0v) is 10.8. The van der Waals surface area contributed by atoms with Gasteiger partial charge < -0.3 is 9.72 Å². The van der Waals surface area contributed by atoms with Gasteiger partial charge in [-0.2, -0.15) is 5.26 Å². The van der Waals surface area contributed by atoms with E-state index < -0.39 is 0 Å². The summed E-state index contributed by atoms with van der Waals surface area (Å²) in [7, 11) is 1.66. The molecule has 18 heavy (non-hydrogen) atoms. The number of nitrogens with one attached hydrogen (secondary N) is 1. The summed E-state index contributed by atoms with van der Waals surface area (Å²) < 4.78 is 5.30. The fourth-order valence-corrected chi connectivity index (χ4v) is 2.18. The molecule has 1 aromatic carbocycles. The molecular formula is C15H16N2O. The smallest absolute Gasteiger partial charge is 0.122 e. The van der Waals surface area contributed by atoms with Gasteiger partial charge in [-0.15, -0.1) is 0 Å². The number of hydrogen-bond acceptors (Lipinski definition) is 2. The van der Waals surface area contributed by atoms with Crippen LogP contribution in [0.1, 0.15) is 28.2 Å². The van der Waals surface area contributed by atoms with E-state index in [-0.39, 0.29) is 5.92 Å². The molecule has 2 aromatic rings.